The molecule has 1 N–H and O–H groups in total. The first-order valence-corrected chi connectivity index (χ1v) is 5.86. The minimum absolute atomic E-state index is 0.359. The van der Waals surface area contributed by atoms with Crippen LogP contribution < -0.4 is 0 Å². The number of allylic oxidation sites excluding steroid dienone is 2. The smallest absolute Gasteiger partial charge is 0.311 e. The van der Waals surface area contributed by atoms with Crippen LogP contribution in [-0.2, 0) is 14.3 Å². The molecule has 1 aliphatic rings. The number of rotatable bonds is 3. The molecule has 0 amide bonds. The van der Waals surface area contributed by atoms with Gasteiger partial charge in [-0.2, -0.15) is 0 Å². The van der Waals surface area contributed by atoms with Crippen molar-refractivity contribution in [2.75, 3.05) is 0 Å². The molecular weight excluding hydrogens is 232 g/mol. The van der Waals surface area contributed by atoms with Crippen LogP contribution in [0.1, 0.15) is 33.6 Å². The molecule has 0 fully saturated rings. The van der Waals surface area contributed by atoms with Gasteiger partial charge in [0.25, 0.3) is 0 Å². The number of carbonyl (C=O) groups excluding carboxylic acids is 1. The van der Waals surface area contributed by atoms with Crippen molar-refractivity contribution in [3.63, 3.8) is 0 Å². The van der Waals surface area contributed by atoms with E-state index in [1.807, 2.05) is 13.0 Å². The number of carboxylic acid groups (broad SMARTS) is 1. The minimum Gasteiger partial charge on any atom is -0.481 e. The molecule has 18 heavy (non-hydrogen) atoms. The zero-order valence-electron chi connectivity index (χ0n) is 10.9. The summed E-state index contributed by atoms with van der Waals surface area (Å²) < 4.78 is 5.19. The fourth-order valence-corrected chi connectivity index (χ4v) is 1.94. The number of terminal acetylenes is 1. The van der Waals surface area contributed by atoms with Crippen molar-refractivity contribution in [2.45, 2.75) is 39.2 Å². The Bertz CT molecular complexity index is 426. The van der Waals surface area contributed by atoms with Gasteiger partial charge in [0, 0.05) is 0 Å². The number of ether oxygens (including phenoxy) is 1. The summed E-state index contributed by atoms with van der Waals surface area (Å²) >= 11 is 0. The van der Waals surface area contributed by atoms with Crippen molar-refractivity contribution in [3.05, 3.63) is 11.6 Å². The zero-order valence-corrected chi connectivity index (χ0v) is 10.9. The Kier molecular flexibility index (Phi) is 4.18. The molecule has 0 aromatic rings. The van der Waals surface area contributed by atoms with E-state index in [1.54, 1.807) is 13.8 Å². The van der Waals surface area contributed by atoms with Crippen molar-refractivity contribution in [2.24, 2.45) is 11.8 Å². The maximum Gasteiger partial charge on any atom is 0.311 e. The fraction of sp³-hybridized carbons (Fsp3) is 0.571. The van der Waals surface area contributed by atoms with Gasteiger partial charge < -0.3 is 9.84 Å². The van der Waals surface area contributed by atoms with Crippen molar-refractivity contribution in [3.8, 4) is 12.3 Å². The third-order valence-electron chi connectivity index (χ3n) is 3.07. The molecule has 0 spiro atoms. The molecule has 0 aliphatic heterocycles. The first-order valence-electron chi connectivity index (χ1n) is 5.86. The van der Waals surface area contributed by atoms with Crippen LogP contribution in [0.25, 0.3) is 0 Å². The third kappa shape index (κ3) is 3.36. The maximum atomic E-state index is 12.0. The van der Waals surface area contributed by atoms with E-state index < -0.39 is 29.4 Å². The Morgan fingerprint density at radius 2 is 2.11 bits per heavy atom. The second kappa shape index (κ2) is 5.26. The highest BCUT2D eigenvalue weighted by molar-refractivity contribution is 5.82. The molecule has 1 rings (SSSR count). The summed E-state index contributed by atoms with van der Waals surface area (Å²) in [5.74, 6) is -0.521. The van der Waals surface area contributed by atoms with Gasteiger partial charge >= 0.3 is 11.9 Å². The Labute approximate surface area is 107 Å². The van der Waals surface area contributed by atoms with Gasteiger partial charge in [-0.05, 0) is 33.6 Å². The molecule has 4 nitrogen and oxygen atoms in total. The molecule has 0 saturated carbocycles. The van der Waals surface area contributed by atoms with E-state index in [1.165, 1.54) is 0 Å². The predicted octanol–water partition coefficient (Wildman–Crippen LogP) is 2.00. The molecule has 0 saturated heterocycles. The lowest BCUT2D eigenvalue weighted by Crippen LogP contribution is -2.37. The quantitative estimate of drug-likeness (QED) is 0.472. The summed E-state index contributed by atoms with van der Waals surface area (Å²) in [6, 6.07) is 0. The van der Waals surface area contributed by atoms with Crippen LogP contribution in [0.4, 0.5) is 0 Å². The Hall–Kier alpha value is -1.76. The average Bonchev–Trinajstić information content (AvgIpc) is 2.28. The number of aliphatic carboxylic acids is 1. The van der Waals surface area contributed by atoms with E-state index in [-0.39, 0.29) is 0 Å². The van der Waals surface area contributed by atoms with Crippen LogP contribution in [0.2, 0.25) is 0 Å². The molecule has 2 unspecified atom stereocenters. The van der Waals surface area contributed by atoms with Gasteiger partial charge in [-0.3, -0.25) is 9.59 Å². The van der Waals surface area contributed by atoms with Gasteiger partial charge in [0.1, 0.15) is 0 Å². The lowest BCUT2D eigenvalue weighted by atomic mass is 9.80. The van der Waals surface area contributed by atoms with Crippen LogP contribution in [0.3, 0.4) is 0 Å². The van der Waals surface area contributed by atoms with E-state index in [2.05, 4.69) is 5.92 Å². The highest BCUT2D eigenvalue weighted by Crippen LogP contribution is 2.31. The number of carboxylic acids is 1. The topological polar surface area (TPSA) is 63.6 Å². The van der Waals surface area contributed by atoms with Gasteiger partial charge in [-0.15, -0.1) is 6.42 Å². The monoisotopic (exact) mass is 250 g/mol. The van der Waals surface area contributed by atoms with Crippen LogP contribution >= 0.6 is 0 Å². The van der Waals surface area contributed by atoms with Crippen molar-refractivity contribution in [1.82, 2.24) is 0 Å². The molecular formula is C14H18O4. The number of hydrogen-bond donors (Lipinski definition) is 1. The summed E-state index contributed by atoms with van der Waals surface area (Å²) in [5.41, 5.74) is 0.00261. The van der Waals surface area contributed by atoms with E-state index >= 15 is 0 Å². The summed E-state index contributed by atoms with van der Waals surface area (Å²) in [5, 5.41) is 9.12. The van der Waals surface area contributed by atoms with Crippen molar-refractivity contribution in [1.29, 1.82) is 0 Å². The van der Waals surface area contributed by atoms with E-state index in [4.69, 9.17) is 16.3 Å². The lowest BCUT2D eigenvalue weighted by molar-refractivity contribution is -0.164. The van der Waals surface area contributed by atoms with Crippen molar-refractivity contribution >= 4 is 11.9 Å². The highest BCUT2D eigenvalue weighted by atomic mass is 16.6. The molecule has 98 valence electrons. The second-order valence-corrected chi connectivity index (χ2v) is 5.12. The van der Waals surface area contributed by atoms with Gasteiger partial charge in [-0.1, -0.05) is 17.6 Å². The summed E-state index contributed by atoms with van der Waals surface area (Å²) in [7, 11) is 0. The standard InChI is InChI=1S/C14H18O4/c1-5-14(3,4)18-13(17)11-8-9(2)6-7-10(11)12(15)16/h1,6,10-11H,7-8H2,2-4H3,(H,15,16). The summed E-state index contributed by atoms with van der Waals surface area (Å²) in [6.07, 6.45) is 7.88. The van der Waals surface area contributed by atoms with Crippen LogP contribution in [0, 0.1) is 24.2 Å². The second-order valence-electron chi connectivity index (χ2n) is 5.12. The molecule has 0 bridgehead atoms. The summed E-state index contributed by atoms with van der Waals surface area (Å²) in [6.45, 7) is 5.09. The molecule has 2 atom stereocenters. The van der Waals surface area contributed by atoms with E-state index in [9.17, 15) is 9.59 Å². The SMILES string of the molecule is C#CC(C)(C)OC(=O)C1CC(C)=CCC1C(=O)O. The molecule has 0 heterocycles. The Balaban J connectivity index is 2.86. The van der Waals surface area contributed by atoms with Crippen LogP contribution in [0.5, 0.6) is 0 Å². The lowest BCUT2D eigenvalue weighted by Gasteiger charge is -2.29. The van der Waals surface area contributed by atoms with Crippen molar-refractivity contribution < 1.29 is 19.4 Å². The molecule has 0 radical (unpaired) electrons. The molecule has 0 aromatic heterocycles. The number of hydrogen-bond acceptors (Lipinski definition) is 3. The van der Waals surface area contributed by atoms with Crippen LogP contribution in [0.15, 0.2) is 11.6 Å². The van der Waals surface area contributed by atoms with E-state index in [0.717, 1.165) is 5.57 Å². The van der Waals surface area contributed by atoms with E-state index in [0.29, 0.717) is 12.8 Å². The average molecular weight is 250 g/mol. The Morgan fingerprint density at radius 3 is 2.61 bits per heavy atom. The van der Waals surface area contributed by atoms with Gasteiger partial charge in [0.2, 0.25) is 0 Å². The minimum atomic E-state index is -1.00. The first-order chi connectivity index (χ1) is 8.26. The predicted molar refractivity (Wildman–Crippen MR) is 66.6 cm³/mol. The highest BCUT2D eigenvalue weighted by Gasteiger charge is 2.38. The Morgan fingerprint density at radius 1 is 1.50 bits per heavy atom. The third-order valence-corrected chi connectivity index (χ3v) is 3.07. The molecule has 4 heteroatoms. The zero-order chi connectivity index (χ0) is 13.9. The maximum absolute atomic E-state index is 12.0. The summed E-state index contributed by atoms with van der Waals surface area (Å²) in [4.78, 5) is 23.2. The number of carbonyl (C=O) groups is 2. The number of esters is 1. The largest absolute Gasteiger partial charge is 0.481 e. The van der Waals surface area contributed by atoms with Crippen LogP contribution in [-0.4, -0.2) is 22.6 Å². The fourth-order valence-electron chi connectivity index (χ4n) is 1.94. The normalized spacial score (nSPS) is 23.8. The van der Waals surface area contributed by atoms with Gasteiger partial charge in [0.05, 0.1) is 11.8 Å². The van der Waals surface area contributed by atoms with Gasteiger partial charge in [0.15, 0.2) is 5.60 Å². The molecule has 0 aromatic carbocycles. The van der Waals surface area contributed by atoms with Gasteiger partial charge in [-0.25, -0.2) is 0 Å². The molecule has 1 aliphatic carbocycles. The first kappa shape index (κ1) is 14.3.